The summed E-state index contributed by atoms with van der Waals surface area (Å²) in [7, 11) is -0.994. The Labute approximate surface area is 129 Å². The molecule has 1 nitrogen and oxygen atoms in total. The molecule has 0 fully saturated rings. The molecule has 0 amide bonds. The predicted octanol–water partition coefficient (Wildman–Crippen LogP) is 3.69. The molecule has 0 radical (unpaired) electrons. The first-order chi connectivity index (χ1) is 5.87. The minimum atomic E-state index is -0.994. The molecule has 1 atom stereocenters. The van der Waals surface area contributed by atoms with Crippen molar-refractivity contribution in [2.24, 2.45) is 0 Å². The molecule has 0 aromatic rings. The summed E-state index contributed by atoms with van der Waals surface area (Å²) >= 11 is 0. The SMILES string of the molecule is CC1=[C-]C(C)(O[SiH](C)C)C(C)=C1C.Cl.Cl.[Ti]. The number of halogens is 2. The first-order valence-corrected chi connectivity index (χ1v) is 7.63. The maximum Gasteiger partial charge on any atom is 0.170 e. The molecular formula is C11H21Cl2OSiTi-. The fourth-order valence-electron chi connectivity index (χ4n) is 1.77. The van der Waals surface area contributed by atoms with E-state index >= 15 is 0 Å². The van der Waals surface area contributed by atoms with E-state index in [1.165, 1.54) is 16.7 Å². The first-order valence-electron chi connectivity index (χ1n) is 4.84. The topological polar surface area (TPSA) is 9.23 Å². The third-order valence-electron chi connectivity index (χ3n) is 2.74. The Morgan fingerprint density at radius 3 is 1.81 bits per heavy atom. The summed E-state index contributed by atoms with van der Waals surface area (Å²) < 4.78 is 6.00. The number of hydrogen-bond acceptors (Lipinski definition) is 1. The van der Waals surface area contributed by atoms with Crippen LogP contribution in [0.3, 0.4) is 0 Å². The van der Waals surface area contributed by atoms with E-state index in [2.05, 4.69) is 46.9 Å². The van der Waals surface area contributed by atoms with Gasteiger partial charge in [-0.15, -0.1) is 37.3 Å². The van der Waals surface area contributed by atoms with E-state index in [4.69, 9.17) is 4.43 Å². The summed E-state index contributed by atoms with van der Waals surface area (Å²) in [6.45, 7) is 12.9. The normalized spacial score (nSPS) is 23.3. The van der Waals surface area contributed by atoms with Crippen LogP contribution in [-0.2, 0) is 26.1 Å². The van der Waals surface area contributed by atoms with Crippen molar-refractivity contribution in [1.29, 1.82) is 0 Å². The molecule has 1 rings (SSSR count). The molecule has 0 N–H and O–H groups in total. The van der Waals surface area contributed by atoms with Crippen LogP contribution in [0.4, 0.5) is 0 Å². The Morgan fingerprint density at radius 2 is 1.56 bits per heavy atom. The summed E-state index contributed by atoms with van der Waals surface area (Å²) in [4.78, 5) is 0. The smallest absolute Gasteiger partial charge is 0.170 e. The van der Waals surface area contributed by atoms with Crippen molar-refractivity contribution < 1.29 is 26.1 Å². The monoisotopic (exact) mass is 315 g/mol. The summed E-state index contributed by atoms with van der Waals surface area (Å²) in [5, 5.41) is 0. The van der Waals surface area contributed by atoms with Gasteiger partial charge in [-0.2, -0.15) is 5.57 Å². The van der Waals surface area contributed by atoms with Crippen molar-refractivity contribution in [2.75, 3.05) is 0 Å². The summed E-state index contributed by atoms with van der Waals surface area (Å²) in [5.74, 6) is 0. The van der Waals surface area contributed by atoms with Crippen LogP contribution in [0.2, 0.25) is 13.1 Å². The third kappa shape index (κ3) is 4.67. The van der Waals surface area contributed by atoms with Gasteiger partial charge in [0.1, 0.15) is 0 Å². The fraction of sp³-hybridized carbons (Fsp3) is 0.636. The van der Waals surface area contributed by atoms with Crippen LogP contribution in [0.5, 0.6) is 0 Å². The Morgan fingerprint density at radius 1 is 1.12 bits per heavy atom. The molecule has 0 saturated heterocycles. The minimum Gasteiger partial charge on any atom is -0.426 e. The molecule has 94 valence electrons. The maximum absolute atomic E-state index is 6.00. The molecular weight excluding hydrogens is 295 g/mol. The maximum atomic E-state index is 6.00. The van der Waals surface area contributed by atoms with E-state index in [0.717, 1.165) is 0 Å². The van der Waals surface area contributed by atoms with Gasteiger partial charge in [0.05, 0.1) is 0 Å². The molecule has 0 aliphatic heterocycles. The van der Waals surface area contributed by atoms with Gasteiger partial charge in [0, 0.05) is 27.3 Å². The van der Waals surface area contributed by atoms with Crippen LogP contribution in [0.1, 0.15) is 27.7 Å². The van der Waals surface area contributed by atoms with Crippen molar-refractivity contribution in [3.63, 3.8) is 0 Å². The van der Waals surface area contributed by atoms with Gasteiger partial charge >= 0.3 is 0 Å². The average molecular weight is 316 g/mol. The van der Waals surface area contributed by atoms with Gasteiger partial charge in [-0.3, -0.25) is 0 Å². The van der Waals surface area contributed by atoms with E-state index < -0.39 is 9.04 Å². The van der Waals surface area contributed by atoms with Crippen LogP contribution in [-0.4, -0.2) is 14.6 Å². The molecule has 1 aliphatic carbocycles. The van der Waals surface area contributed by atoms with Crippen LogP contribution < -0.4 is 0 Å². The zero-order valence-electron chi connectivity index (χ0n) is 10.8. The van der Waals surface area contributed by atoms with Crippen molar-refractivity contribution in [1.82, 2.24) is 0 Å². The largest absolute Gasteiger partial charge is 0.426 e. The van der Waals surface area contributed by atoms with Gasteiger partial charge in [-0.1, -0.05) is 13.8 Å². The predicted molar refractivity (Wildman–Crippen MR) is 73.7 cm³/mol. The van der Waals surface area contributed by atoms with Gasteiger partial charge in [-0.25, -0.2) is 11.6 Å². The van der Waals surface area contributed by atoms with Crippen LogP contribution in [0, 0.1) is 6.08 Å². The van der Waals surface area contributed by atoms with Gasteiger partial charge in [0.2, 0.25) is 0 Å². The van der Waals surface area contributed by atoms with Crippen LogP contribution in [0.15, 0.2) is 16.7 Å². The standard InChI is InChI=1S/C11H19OSi.2ClH.Ti/c1-8-7-11(4,12-13(5)6)10(3)9(8)2;;;/h13H,1-6H3;2*1H;/q-1;;;. The van der Waals surface area contributed by atoms with Crippen molar-refractivity contribution in [3.8, 4) is 0 Å². The van der Waals surface area contributed by atoms with Gasteiger partial charge in [-0.05, 0) is 20.0 Å². The summed E-state index contributed by atoms with van der Waals surface area (Å²) in [6, 6.07) is 0. The van der Waals surface area contributed by atoms with Crippen LogP contribution >= 0.6 is 24.8 Å². The minimum absolute atomic E-state index is 0. The molecule has 0 bridgehead atoms. The second kappa shape index (κ2) is 8.12. The van der Waals surface area contributed by atoms with Gasteiger partial charge in [0.25, 0.3) is 0 Å². The van der Waals surface area contributed by atoms with E-state index in [9.17, 15) is 0 Å². The van der Waals surface area contributed by atoms with E-state index in [-0.39, 0.29) is 52.1 Å². The molecule has 0 heterocycles. The number of hydrogen-bond donors (Lipinski definition) is 0. The molecule has 5 heteroatoms. The number of allylic oxidation sites excluding steroid dienone is 2. The second-order valence-electron chi connectivity index (χ2n) is 4.20. The Balaban J connectivity index is -0.000000563. The van der Waals surface area contributed by atoms with Crippen molar-refractivity contribution >= 4 is 33.9 Å². The van der Waals surface area contributed by atoms with Crippen LogP contribution in [0.25, 0.3) is 0 Å². The van der Waals surface area contributed by atoms with Crippen molar-refractivity contribution in [2.45, 2.75) is 46.4 Å². The summed E-state index contributed by atoms with van der Waals surface area (Å²) in [5.41, 5.74) is 3.69. The summed E-state index contributed by atoms with van der Waals surface area (Å²) in [6.07, 6.45) is 3.42. The Hall–Kier alpha value is 0.951. The first kappa shape index (κ1) is 22.2. The molecule has 0 aromatic heterocycles. The third-order valence-corrected chi connectivity index (χ3v) is 3.68. The zero-order chi connectivity index (χ0) is 10.2. The average Bonchev–Trinajstić information content (AvgIpc) is 2.14. The van der Waals surface area contributed by atoms with E-state index in [1.807, 2.05) is 0 Å². The molecule has 1 aliphatic rings. The quantitative estimate of drug-likeness (QED) is 0.558. The second-order valence-corrected chi connectivity index (χ2v) is 6.53. The fourth-order valence-corrected chi connectivity index (χ4v) is 2.95. The number of rotatable bonds is 2. The zero-order valence-corrected chi connectivity index (χ0v) is 15.2. The molecule has 16 heavy (non-hydrogen) atoms. The van der Waals surface area contributed by atoms with Gasteiger partial charge < -0.3 is 4.43 Å². The Bertz CT molecular complexity index is 290. The Kier molecular flexibility index (Phi) is 11.3. The van der Waals surface area contributed by atoms with E-state index in [1.54, 1.807) is 0 Å². The molecule has 0 spiro atoms. The molecule has 0 aromatic carbocycles. The van der Waals surface area contributed by atoms with Gasteiger partial charge in [0.15, 0.2) is 9.04 Å². The van der Waals surface area contributed by atoms with Crippen molar-refractivity contribution in [3.05, 3.63) is 22.8 Å². The van der Waals surface area contributed by atoms with E-state index in [0.29, 0.717) is 0 Å². The molecule has 1 unspecified atom stereocenters. The molecule has 0 saturated carbocycles.